The second-order valence-corrected chi connectivity index (χ2v) is 4.23. The van der Waals surface area contributed by atoms with Crippen molar-refractivity contribution in [2.75, 3.05) is 13.2 Å². The van der Waals surface area contributed by atoms with Gasteiger partial charge in [0.25, 0.3) is 0 Å². The van der Waals surface area contributed by atoms with Crippen molar-refractivity contribution in [3.05, 3.63) is 12.2 Å². The molecule has 1 amide bonds. The molecule has 88 valence electrons. The van der Waals surface area contributed by atoms with Gasteiger partial charge in [-0.1, -0.05) is 6.92 Å². The third-order valence-corrected chi connectivity index (χ3v) is 2.94. The first kappa shape index (κ1) is 12.7. The van der Waals surface area contributed by atoms with Crippen LogP contribution in [0, 0.1) is 17.2 Å². The number of carbonyl (C=O) groups excluding carboxylic acids is 1. The van der Waals surface area contributed by atoms with E-state index in [0.717, 1.165) is 12.8 Å². The van der Waals surface area contributed by atoms with E-state index in [1.807, 2.05) is 0 Å². The van der Waals surface area contributed by atoms with Crippen molar-refractivity contribution in [2.45, 2.75) is 32.2 Å². The SMILES string of the molecule is CC1CCN(C(=O)/C=C/CF)[C@H](CC#N)C1. The zero-order valence-electron chi connectivity index (χ0n) is 9.53. The van der Waals surface area contributed by atoms with Crippen LogP contribution < -0.4 is 0 Å². The highest BCUT2D eigenvalue weighted by Crippen LogP contribution is 2.24. The van der Waals surface area contributed by atoms with E-state index in [9.17, 15) is 9.18 Å². The fourth-order valence-electron chi connectivity index (χ4n) is 2.08. The van der Waals surface area contributed by atoms with E-state index in [1.54, 1.807) is 4.90 Å². The molecule has 3 nitrogen and oxygen atoms in total. The molecule has 0 aromatic heterocycles. The lowest BCUT2D eigenvalue weighted by atomic mass is 9.91. The van der Waals surface area contributed by atoms with E-state index >= 15 is 0 Å². The molecule has 0 aliphatic carbocycles. The van der Waals surface area contributed by atoms with E-state index < -0.39 is 6.67 Å². The molecule has 0 aromatic rings. The van der Waals surface area contributed by atoms with Crippen molar-refractivity contribution < 1.29 is 9.18 Å². The summed E-state index contributed by atoms with van der Waals surface area (Å²) in [5, 5.41) is 8.71. The van der Waals surface area contributed by atoms with Crippen LogP contribution in [0.5, 0.6) is 0 Å². The highest BCUT2D eigenvalue weighted by atomic mass is 19.1. The number of carbonyl (C=O) groups is 1. The smallest absolute Gasteiger partial charge is 0.246 e. The summed E-state index contributed by atoms with van der Waals surface area (Å²) in [6.45, 7) is 2.17. The molecule has 1 rings (SSSR count). The molecule has 0 saturated carbocycles. The molecule has 16 heavy (non-hydrogen) atoms. The van der Waals surface area contributed by atoms with E-state index in [-0.39, 0.29) is 11.9 Å². The fourth-order valence-corrected chi connectivity index (χ4v) is 2.08. The summed E-state index contributed by atoms with van der Waals surface area (Å²) >= 11 is 0. The van der Waals surface area contributed by atoms with Gasteiger partial charge in [0.1, 0.15) is 6.67 Å². The van der Waals surface area contributed by atoms with Gasteiger partial charge in [0.2, 0.25) is 5.91 Å². The minimum Gasteiger partial charge on any atom is -0.335 e. The summed E-state index contributed by atoms with van der Waals surface area (Å²) in [6, 6.07) is 2.10. The van der Waals surface area contributed by atoms with Crippen molar-refractivity contribution in [3.8, 4) is 6.07 Å². The first-order valence-electron chi connectivity index (χ1n) is 5.59. The Kier molecular flexibility index (Phi) is 4.97. The van der Waals surface area contributed by atoms with Gasteiger partial charge in [0.05, 0.1) is 12.5 Å². The highest BCUT2D eigenvalue weighted by Gasteiger charge is 2.28. The fraction of sp³-hybridized carbons (Fsp3) is 0.667. The second kappa shape index (κ2) is 6.26. The lowest BCUT2D eigenvalue weighted by Gasteiger charge is -2.36. The van der Waals surface area contributed by atoms with Gasteiger partial charge >= 0.3 is 0 Å². The van der Waals surface area contributed by atoms with Crippen molar-refractivity contribution in [2.24, 2.45) is 5.92 Å². The van der Waals surface area contributed by atoms with Gasteiger partial charge in [-0.3, -0.25) is 4.79 Å². The summed E-state index contributed by atoms with van der Waals surface area (Å²) in [5.74, 6) is 0.373. The molecule has 0 bridgehead atoms. The topological polar surface area (TPSA) is 44.1 Å². The molecular formula is C12H17FN2O. The summed E-state index contributed by atoms with van der Waals surface area (Å²) in [6.07, 6.45) is 4.66. The maximum Gasteiger partial charge on any atom is 0.246 e. The summed E-state index contributed by atoms with van der Waals surface area (Å²) in [5.41, 5.74) is 0. The Morgan fingerprint density at radius 3 is 3.06 bits per heavy atom. The van der Waals surface area contributed by atoms with Crippen LogP contribution in [0.2, 0.25) is 0 Å². The minimum atomic E-state index is -0.626. The van der Waals surface area contributed by atoms with Gasteiger partial charge < -0.3 is 4.90 Å². The normalized spacial score (nSPS) is 25.7. The zero-order valence-corrected chi connectivity index (χ0v) is 9.53. The number of rotatable bonds is 3. The first-order valence-corrected chi connectivity index (χ1v) is 5.59. The Hall–Kier alpha value is -1.37. The first-order chi connectivity index (χ1) is 7.69. The molecule has 0 N–H and O–H groups in total. The summed E-state index contributed by atoms with van der Waals surface area (Å²) in [4.78, 5) is 13.4. The molecular weight excluding hydrogens is 207 g/mol. The third kappa shape index (κ3) is 3.34. The number of hydrogen-bond acceptors (Lipinski definition) is 2. The molecule has 4 heteroatoms. The number of alkyl halides is 1. The molecule has 0 radical (unpaired) electrons. The molecule has 2 atom stereocenters. The predicted octanol–water partition coefficient (Wildman–Crippen LogP) is 2.05. The Morgan fingerprint density at radius 2 is 2.44 bits per heavy atom. The number of halogens is 1. The van der Waals surface area contributed by atoms with Crippen LogP contribution in [0.1, 0.15) is 26.2 Å². The number of nitrogens with zero attached hydrogens (tertiary/aromatic N) is 2. The molecule has 1 fully saturated rings. The lowest BCUT2D eigenvalue weighted by Crippen LogP contribution is -2.44. The van der Waals surface area contributed by atoms with E-state index in [0.29, 0.717) is 18.9 Å². The van der Waals surface area contributed by atoms with E-state index in [4.69, 9.17) is 5.26 Å². The van der Waals surface area contributed by atoms with Crippen LogP contribution in [0.15, 0.2) is 12.2 Å². The molecule has 1 aliphatic heterocycles. The maximum absolute atomic E-state index is 11.9. The van der Waals surface area contributed by atoms with Crippen LogP contribution in [-0.4, -0.2) is 30.1 Å². The third-order valence-electron chi connectivity index (χ3n) is 2.94. The van der Waals surface area contributed by atoms with Crippen molar-refractivity contribution in [1.82, 2.24) is 4.90 Å². The Balaban J connectivity index is 2.65. The monoisotopic (exact) mass is 224 g/mol. The standard InChI is InChI=1S/C12H17FN2O/c1-10-5-8-15(11(9-10)4-7-14)12(16)3-2-6-13/h2-3,10-11H,4-6,8-9H2,1H3/b3-2+/t10?,11-/m1/s1. The number of likely N-dealkylation sites (tertiary alicyclic amines) is 1. The van der Waals surface area contributed by atoms with Crippen molar-refractivity contribution >= 4 is 5.91 Å². The number of allylic oxidation sites excluding steroid dienone is 1. The van der Waals surface area contributed by atoms with E-state index in [1.165, 1.54) is 12.2 Å². The minimum absolute atomic E-state index is 0.00879. The van der Waals surface area contributed by atoms with Crippen LogP contribution in [0.4, 0.5) is 4.39 Å². The van der Waals surface area contributed by atoms with Gasteiger partial charge in [-0.25, -0.2) is 4.39 Å². The van der Waals surface area contributed by atoms with Gasteiger partial charge in [-0.15, -0.1) is 0 Å². The predicted molar refractivity (Wildman–Crippen MR) is 59.2 cm³/mol. The van der Waals surface area contributed by atoms with Crippen LogP contribution in [0.3, 0.4) is 0 Å². The van der Waals surface area contributed by atoms with Crippen molar-refractivity contribution in [3.63, 3.8) is 0 Å². The number of piperidine rings is 1. The average Bonchev–Trinajstić information content (AvgIpc) is 2.26. The Labute approximate surface area is 95.5 Å². The quantitative estimate of drug-likeness (QED) is 0.689. The molecule has 1 unspecified atom stereocenters. The highest BCUT2D eigenvalue weighted by molar-refractivity contribution is 5.87. The van der Waals surface area contributed by atoms with E-state index in [2.05, 4.69) is 13.0 Å². The number of amides is 1. The van der Waals surface area contributed by atoms with Crippen molar-refractivity contribution in [1.29, 1.82) is 5.26 Å². The van der Waals surface area contributed by atoms with Gasteiger partial charge in [-0.05, 0) is 24.8 Å². The van der Waals surface area contributed by atoms with Gasteiger partial charge in [0.15, 0.2) is 0 Å². The second-order valence-electron chi connectivity index (χ2n) is 4.23. The number of nitriles is 1. The Morgan fingerprint density at radius 1 is 1.69 bits per heavy atom. The van der Waals surface area contributed by atoms with Crippen LogP contribution in [0.25, 0.3) is 0 Å². The lowest BCUT2D eigenvalue weighted by molar-refractivity contribution is -0.130. The maximum atomic E-state index is 11.9. The molecule has 1 heterocycles. The van der Waals surface area contributed by atoms with Gasteiger partial charge in [-0.2, -0.15) is 5.26 Å². The van der Waals surface area contributed by atoms with Crippen LogP contribution >= 0.6 is 0 Å². The summed E-state index contributed by atoms with van der Waals surface area (Å²) < 4.78 is 11.9. The molecule has 1 saturated heterocycles. The number of hydrogen-bond donors (Lipinski definition) is 0. The van der Waals surface area contributed by atoms with Crippen LogP contribution in [-0.2, 0) is 4.79 Å². The van der Waals surface area contributed by atoms with Gasteiger partial charge in [0, 0.05) is 18.7 Å². The average molecular weight is 224 g/mol. The summed E-state index contributed by atoms with van der Waals surface area (Å²) in [7, 11) is 0. The Bertz CT molecular complexity index is 309. The molecule has 0 aromatic carbocycles. The molecule has 1 aliphatic rings. The molecule has 0 spiro atoms. The largest absolute Gasteiger partial charge is 0.335 e. The zero-order chi connectivity index (χ0) is 12.0.